The quantitative estimate of drug-likeness (QED) is 0.607. The Kier molecular flexibility index (Phi) is 4.50. The Morgan fingerprint density at radius 1 is 1.53 bits per heavy atom. The number of nitrogens with zero attached hydrogens (tertiary/aromatic N) is 3. The van der Waals surface area contributed by atoms with E-state index in [1.54, 1.807) is 18.4 Å². The van der Waals surface area contributed by atoms with Gasteiger partial charge in [0, 0.05) is 0 Å². The molecule has 0 spiro atoms. The summed E-state index contributed by atoms with van der Waals surface area (Å²) in [6.07, 6.45) is 0. The first-order chi connectivity index (χ1) is 7.97. The maximum absolute atomic E-state index is 11.4. The molecule has 0 saturated carbocycles. The molecule has 1 atom stereocenters. The summed E-state index contributed by atoms with van der Waals surface area (Å²) in [6.45, 7) is 3.34. The molecule has 1 aromatic rings. The average Bonchev–Trinajstić information content (AvgIpc) is 2.65. The highest BCUT2D eigenvalue weighted by atomic mass is 32.2. The highest BCUT2D eigenvalue weighted by Gasteiger charge is 2.22. The van der Waals surface area contributed by atoms with Crippen LogP contribution >= 0.6 is 11.8 Å². The zero-order chi connectivity index (χ0) is 13.0. The van der Waals surface area contributed by atoms with Gasteiger partial charge in [0.05, 0.1) is 12.9 Å². The number of methoxy groups -OCH3 is 1. The van der Waals surface area contributed by atoms with Crippen LogP contribution < -0.4 is 0 Å². The minimum absolute atomic E-state index is 0.133. The standard InChI is InChI=1S/C9H13N3O4S/c1-5(8(15)16-3)12-6(2)10-11-9(12)17-4-7(13)14/h5H,4H2,1-3H3,(H,13,14). The third-order valence-corrected chi connectivity index (χ3v) is 3.02. The van der Waals surface area contributed by atoms with Crippen molar-refractivity contribution in [2.75, 3.05) is 12.9 Å². The van der Waals surface area contributed by atoms with E-state index in [1.165, 1.54) is 7.11 Å². The van der Waals surface area contributed by atoms with Gasteiger partial charge in [0.1, 0.15) is 11.9 Å². The van der Waals surface area contributed by atoms with E-state index in [9.17, 15) is 9.59 Å². The normalized spacial score (nSPS) is 12.2. The Bertz CT molecular complexity index is 432. The van der Waals surface area contributed by atoms with Gasteiger partial charge in [-0.05, 0) is 13.8 Å². The number of thioether (sulfide) groups is 1. The van der Waals surface area contributed by atoms with Crippen molar-refractivity contribution in [3.63, 3.8) is 0 Å². The molecule has 1 unspecified atom stereocenters. The predicted octanol–water partition coefficient (Wildman–Crippen LogP) is 0.497. The van der Waals surface area contributed by atoms with E-state index in [-0.39, 0.29) is 5.75 Å². The molecule has 0 saturated heterocycles. The number of carboxylic acids is 1. The van der Waals surface area contributed by atoms with E-state index in [2.05, 4.69) is 14.9 Å². The highest BCUT2D eigenvalue weighted by molar-refractivity contribution is 7.99. The van der Waals surface area contributed by atoms with Crippen molar-refractivity contribution < 1.29 is 19.4 Å². The molecule has 1 heterocycles. The van der Waals surface area contributed by atoms with Gasteiger partial charge in [-0.15, -0.1) is 10.2 Å². The number of carbonyl (C=O) groups is 2. The molecule has 7 nitrogen and oxygen atoms in total. The van der Waals surface area contributed by atoms with Gasteiger partial charge in [-0.25, -0.2) is 4.79 Å². The van der Waals surface area contributed by atoms with Crippen molar-refractivity contribution in [1.82, 2.24) is 14.8 Å². The van der Waals surface area contributed by atoms with Crippen LogP contribution in [-0.2, 0) is 14.3 Å². The van der Waals surface area contributed by atoms with Crippen molar-refractivity contribution in [1.29, 1.82) is 0 Å². The largest absolute Gasteiger partial charge is 0.481 e. The Balaban J connectivity index is 2.93. The van der Waals surface area contributed by atoms with Crippen LogP contribution in [0.2, 0.25) is 0 Å². The molecule has 0 amide bonds. The smallest absolute Gasteiger partial charge is 0.328 e. The lowest BCUT2D eigenvalue weighted by molar-refractivity contribution is -0.144. The van der Waals surface area contributed by atoms with Gasteiger partial charge in [0.25, 0.3) is 0 Å². The summed E-state index contributed by atoms with van der Waals surface area (Å²) < 4.78 is 6.19. The first-order valence-electron chi connectivity index (χ1n) is 4.81. The second-order valence-electron chi connectivity index (χ2n) is 3.28. The van der Waals surface area contributed by atoms with Crippen LogP contribution in [0.1, 0.15) is 18.8 Å². The van der Waals surface area contributed by atoms with Crippen molar-refractivity contribution >= 4 is 23.7 Å². The molecule has 0 radical (unpaired) electrons. The summed E-state index contributed by atoms with van der Waals surface area (Å²) in [5.41, 5.74) is 0. The van der Waals surface area contributed by atoms with Gasteiger partial charge in [0.2, 0.25) is 0 Å². The van der Waals surface area contributed by atoms with Crippen molar-refractivity contribution in [3.05, 3.63) is 5.82 Å². The maximum Gasteiger partial charge on any atom is 0.328 e. The van der Waals surface area contributed by atoms with E-state index >= 15 is 0 Å². The number of aryl methyl sites for hydroxylation is 1. The van der Waals surface area contributed by atoms with Gasteiger partial charge in [-0.3, -0.25) is 9.36 Å². The van der Waals surface area contributed by atoms with Gasteiger partial charge >= 0.3 is 11.9 Å². The Labute approximate surface area is 102 Å². The van der Waals surface area contributed by atoms with Crippen molar-refractivity contribution in [2.45, 2.75) is 25.0 Å². The first kappa shape index (κ1) is 13.5. The summed E-state index contributed by atoms with van der Waals surface area (Å²) in [6, 6.07) is -0.578. The summed E-state index contributed by atoms with van der Waals surface area (Å²) in [5, 5.41) is 16.6. The van der Waals surface area contributed by atoms with Gasteiger partial charge in [0.15, 0.2) is 5.16 Å². The van der Waals surface area contributed by atoms with Crippen LogP contribution in [0.3, 0.4) is 0 Å². The molecule has 0 aliphatic heterocycles. The molecule has 0 fully saturated rings. The number of rotatable bonds is 5. The first-order valence-corrected chi connectivity index (χ1v) is 5.79. The van der Waals surface area contributed by atoms with Crippen molar-refractivity contribution in [3.8, 4) is 0 Å². The fourth-order valence-electron chi connectivity index (χ4n) is 1.30. The molecule has 0 aromatic carbocycles. The van der Waals surface area contributed by atoms with Crippen LogP contribution in [0.4, 0.5) is 0 Å². The van der Waals surface area contributed by atoms with Crippen LogP contribution in [-0.4, -0.2) is 44.7 Å². The van der Waals surface area contributed by atoms with E-state index in [0.29, 0.717) is 11.0 Å². The number of hydrogen-bond acceptors (Lipinski definition) is 6. The minimum Gasteiger partial charge on any atom is -0.481 e. The zero-order valence-electron chi connectivity index (χ0n) is 9.71. The highest BCUT2D eigenvalue weighted by Crippen LogP contribution is 2.21. The molecule has 94 valence electrons. The number of esters is 1. The SMILES string of the molecule is COC(=O)C(C)n1c(C)nnc1SCC(=O)O. The summed E-state index contributed by atoms with van der Waals surface area (Å²) in [4.78, 5) is 21.9. The Hall–Kier alpha value is -1.57. The molecular weight excluding hydrogens is 246 g/mol. The number of aromatic nitrogens is 3. The third-order valence-electron chi connectivity index (χ3n) is 2.09. The van der Waals surface area contributed by atoms with Gasteiger partial charge < -0.3 is 9.84 Å². The van der Waals surface area contributed by atoms with Crippen LogP contribution in [0.5, 0.6) is 0 Å². The second-order valence-corrected chi connectivity index (χ2v) is 4.22. The third kappa shape index (κ3) is 3.19. The van der Waals surface area contributed by atoms with E-state index in [4.69, 9.17) is 5.11 Å². The maximum atomic E-state index is 11.4. The zero-order valence-corrected chi connectivity index (χ0v) is 10.5. The second kappa shape index (κ2) is 5.67. The number of carbonyl (C=O) groups excluding carboxylic acids is 1. The fourth-order valence-corrected chi connectivity index (χ4v) is 2.08. The fraction of sp³-hybridized carbons (Fsp3) is 0.556. The molecule has 0 aliphatic carbocycles. The Morgan fingerprint density at radius 2 is 2.18 bits per heavy atom. The number of aliphatic carboxylic acids is 1. The van der Waals surface area contributed by atoms with Gasteiger partial charge in [-0.1, -0.05) is 11.8 Å². The van der Waals surface area contributed by atoms with Crippen LogP contribution in [0.15, 0.2) is 5.16 Å². The summed E-state index contributed by atoms with van der Waals surface area (Å²) in [7, 11) is 1.29. The molecular formula is C9H13N3O4S. The predicted molar refractivity (Wildman–Crippen MR) is 59.8 cm³/mol. The summed E-state index contributed by atoms with van der Waals surface area (Å²) >= 11 is 1.01. The number of carboxylic acid groups (broad SMARTS) is 1. The molecule has 0 bridgehead atoms. The van der Waals surface area contributed by atoms with E-state index in [0.717, 1.165) is 11.8 Å². The molecule has 17 heavy (non-hydrogen) atoms. The topological polar surface area (TPSA) is 94.3 Å². The lowest BCUT2D eigenvalue weighted by atomic mass is 10.3. The average molecular weight is 259 g/mol. The molecule has 0 aliphatic rings. The van der Waals surface area contributed by atoms with Crippen LogP contribution in [0.25, 0.3) is 0 Å². The van der Waals surface area contributed by atoms with E-state index in [1.807, 2.05) is 0 Å². The number of hydrogen-bond donors (Lipinski definition) is 1. The Morgan fingerprint density at radius 3 is 2.71 bits per heavy atom. The molecule has 1 rings (SSSR count). The lowest BCUT2D eigenvalue weighted by Gasteiger charge is -2.13. The molecule has 1 N–H and O–H groups in total. The van der Waals surface area contributed by atoms with Crippen molar-refractivity contribution in [2.24, 2.45) is 0 Å². The molecule has 1 aromatic heterocycles. The van der Waals surface area contributed by atoms with Crippen LogP contribution in [0, 0.1) is 6.92 Å². The molecule has 8 heteroatoms. The lowest BCUT2D eigenvalue weighted by Crippen LogP contribution is -2.20. The summed E-state index contributed by atoms with van der Waals surface area (Å²) in [5.74, 6) is -0.972. The number of ether oxygens (including phenoxy) is 1. The van der Waals surface area contributed by atoms with E-state index < -0.39 is 18.0 Å². The van der Waals surface area contributed by atoms with Gasteiger partial charge in [-0.2, -0.15) is 0 Å². The minimum atomic E-state index is -0.951. The monoisotopic (exact) mass is 259 g/mol.